The van der Waals surface area contributed by atoms with E-state index in [1.807, 2.05) is 66.1 Å². The van der Waals surface area contributed by atoms with Crippen LogP contribution < -0.4 is 4.74 Å². The third-order valence-corrected chi connectivity index (χ3v) is 11.0. The first-order chi connectivity index (χ1) is 23.5. The van der Waals surface area contributed by atoms with Gasteiger partial charge in [-0.3, -0.25) is 14.3 Å². The SMILES string of the molecule is Cc1c(C(=O)O)n2c3ccc(Cl)c(c13)-c1c(nn(C)c1C)CN(C(C)C)Cc1cc(n(C)n1)CSc1cc(c3ccccc3c1)OCCC2. The number of ether oxygens (including phenoxy) is 1. The van der Waals surface area contributed by atoms with E-state index in [1.165, 1.54) is 0 Å². The Labute approximate surface area is 295 Å². The molecule has 7 rings (SSSR count). The van der Waals surface area contributed by atoms with E-state index in [9.17, 15) is 9.90 Å². The summed E-state index contributed by atoms with van der Waals surface area (Å²) >= 11 is 8.84. The lowest BCUT2D eigenvalue weighted by atomic mass is 9.96. The Morgan fingerprint density at radius 2 is 1.80 bits per heavy atom. The molecule has 0 spiro atoms. The molecule has 1 aliphatic rings. The van der Waals surface area contributed by atoms with Crippen LogP contribution in [0.15, 0.2) is 59.5 Å². The number of thioether (sulfide) groups is 1. The predicted octanol–water partition coefficient (Wildman–Crippen LogP) is 8.38. The van der Waals surface area contributed by atoms with Crippen LogP contribution in [0.3, 0.4) is 0 Å². The summed E-state index contributed by atoms with van der Waals surface area (Å²) in [7, 11) is 3.96. The van der Waals surface area contributed by atoms with Gasteiger partial charge in [-0.15, -0.1) is 11.8 Å². The normalized spacial score (nSPS) is 14.7. The Balaban J connectivity index is 1.40. The molecule has 9 nitrogen and oxygen atoms in total. The van der Waals surface area contributed by atoms with Crippen LogP contribution in [-0.4, -0.2) is 52.8 Å². The molecule has 4 heterocycles. The van der Waals surface area contributed by atoms with Crippen molar-refractivity contribution in [3.63, 3.8) is 0 Å². The van der Waals surface area contributed by atoms with Crippen molar-refractivity contribution in [3.8, 4) is 16.9 Å². The van der Waals surface area contributed by atoms with Gasteiger partial charge in [0.1, 0.15) is 11.4 Å². The first kappa shape index (κ1) is 33.3. The number of hydrogen-bond donors (Lipinski definition) is 1. The molecule has 49 heavy (non-hydrogen) atoms. The van der Waals surface area contributed by atoms with Crippen molar-refractivity contribution in [3.05, 3.63) is 93.7 Å². The number of hydrogen-bond acceptors (Lipinski definition) is 6. The number of aromatic nitrogens is 5. The maximum Gasteiger partial charge on any atom is 0.352 e. The fourth-order valence-electron chi connectivity index (χ4n) is 7.10. The lowest BCUT2D eigenvalue weighted by Crippen LogP contribution is -2.30. The summed E-state index contributed by atoms with van der Waals surface area (Å²) in [6.45, 7) is 10.4. The molecule has 0 saturated heterocycles. The van der Waals surface area contributed by atoms with Crippen LogP contribution in [-0.2, 0) is 39.5 Å². The monoisotopic (exact) mass is 696 g/mol. The third-order valence-electron chi connectivity index (χ3n) is 9.73. The van der Waals surface area contributed by atoms with E-state index < -0.39 is 5.97 Å². The van der Waals surface area contributed by atoms with Crippen molar-refractivity contribution in [2.75, 3.05) is 6.61 Å². The maximum atomic E-state index is 12.8. The van der Waals surface area contributed by atoms with Gasteiger partial charge >= 0.3 is 5.97 Å². The van der Waals surface area contributed by atoms with E-state index >= 15 is 0 Å². The molecule has 3 aromatic heterocycles. The maximum absolute atomic E-state index is 12.8. The Kier molecular flexibility index (Phi) is 8.98. The van der Waals surface area contributed by atoms with Crippen molar-refractivity contribution in [1.29, 1.82) is 0 Å². The summed E-state index contributed by atoms with van der Waals surface area (Å²) < 4.78 is 12.2. The molecule has 0 atom stereocenters. The van der Waals surface area contributed by atoms with Gasteiger partial charge in [0.15, 0.2) is 0 Å². The quantitative estimate of drug-likeness (QED) is 0.195. The van der Waals surface area contributed by atoms with E-state index in [0.717, 1.165) is 72.0 Å². The van der Waals surface area contributed by atoms with Crippen molar-refractivity contribution in [1.82, 2.24) is 29.0 Å². The Hall–Kier alpha value is -4.25. The molecule has 0 unspecified atom stereocenters. The fraction of sp³-hybridized carbons (Fsp3) is 0.342. The molecule has 0 amide bonds. The summed E-state index contributed by atoms with van der Waals surface area (Å²) in [5.41, 5.74) is 7.56. The topological polar surface area (TPSA) is 90.3 Å². The van der Waals surface area contributed by atoms with Crippen molar-refractivity contribution in [2.24, 2.45) is 14.1 Å². The lowest BCUT2D eigenvalue weighted by Gasteiger charge is -2.25. The highest BCUT2D eigenvalue weighted by Crippen LogP contribution is 2.43. The Bertz CT molecular complexity index is 2230. The Morgan fingerprint density at radius 3 is 2.57 bits per heavy atom. The molecule has 0 saturated carbocycles. The summed E-state index contributed by atoms with van der Waals surface area (Å²) in [4.78, 5) is 16.3. The fourth-order valence-corrected chi connectivity index (χ4v) is 8.33. The standard InChI is InChI=1S/C38H41ClN6O3S/c1-22(2)44-19-26-17-27(43(6)40-26)21-49-28-16-25-10-7-8-11-29(25)33(18-28)48-15-9-14-45-32-13-12-30(39)36(34(32)23(3)37(45)38(46)47)35-24(4)42(5)41-31(35)20-44/h7-8,10-13,16-18,22H,9,14-15,19-21H2,1-6H3,(H,46,47). The van der Waals surface area contributed by atoms with E-state index in [0.29, 0.717) is 43.2 Å². The number of rotatable bonds is 2. The molecule has 0 aliphatic carbocycles. The highest BCUT2D eigenvalue weighted by atomic mass is 35.5. The van der Waals surface area contributed by atoms with Crippen LogP contribution in [0.2, 0.25) is 5.02 Å². The van der Waals surface area contributed by atoms with E-state index in [4.69, 9.17) is 26.5 Å². The number of nitrogens with zero attached hydrogens (tertiary/aromatic N) is 6. The van der Waals surface area contributed by atoms with Crippen molar-refractivity contribution < 1.29 is 14.6 Å². The average molecular weight is 697 g/mol. The van der Waals surface area contributed by atoms with Crippen LogP contribution in [0, 0.1) is 13.8 Å². The number of aromatic carboxylic acids is 1. The van der Waals surface area contributed by atoms with E-state index in [2.05, 4.69) is 49.1 Å². The van der Waals surface area contributed by atoms with Crippen LogP contribution in [0.4, 0.5) is 0 Å². The molecule has 1 aliphatic heterocycles. The minimum absolute atomic E-state index is 0.209. The van der Waals surface area contributed by atoms with Crippen LogP contribution >= 0.6 is 23.4 Å². The van der Waals surface area contributed by atoms with Gasteiger partial charge in [-0.25, -0.2) is 4.79 Å². The summed E-state index contributed by atoms with van der Waals surface area (Å²) in [6, 6.07) is 18.8. The summed E-state index contributed by atoms with van der Waals surface area (Å²) in [5.74, 6) is 0.623. The summed E-state index contributed by atoms with van der Waals surface area (Å²) in [6.07, 6.45) is 0.617. The number of fused-ring (bicyclic) bond motifs is 8. The van der Waals surface area contributed by atoms with Gasteiger partial charge in [-0.2, -0.15) is 10.2 Å². The second kappa shape index (κ2) is 13.2. The number of carboxylic acids is 1. The van der Waals surface area contributed by atoms with Gasteiger partial charge in [0.25, 0.3) is 0 Å². The van der Waals surface area contributed by atoms with E-state index in [1.54, 1.807) is 11.8 Å². The zero-order chi connectivity index (χ0) is 34.6. The predicted molar refractivity (Wildman–Crippen MR) is 197 cm³/mol. The van der Waals surface area contributed by atoms with Crippen LogP contribution in [0.5, 0.6) is 5.75 Å². The lowest BCUT2D eigenvalue weighted by molar-refractivity contribution is 0.0684. The highest BCUT2D eigenvalue weighted by Gasteiger charge is 2.28. The minimum Gasteiger partial charge on any atom is -0.493 e. The number of carbonyl (C=O) groups is 1. The molecule has 0 fully saturated rings. The number of halogens is 1. The van der Waals surface area contributed by atoms with Gasteiger partial charge < -0.3 is 14.4 Å². The van der Waals surface area contributed by atoms with Crippen LogP contribution in [0.25, 0.3) is 32.8 Å². The molecule has 0 radical (unpaired) electrons. The van der Waals surface area contributed by atoms with Crippen molar-refractivity contribution in [2.45, 2.75) is 70.4 Å². The first-order valence-electron chi connectivity index (χ1n) is 16.6. The largest absolute Gasteiger partial charge is 0.493 e. The third kappa shape index (κ3) is 6.11. The van der Waals surface area contributed by atoms with Gasteiger partial charge in [0, 0.05) is 94.2 Å². The number of aryl methyl sites for hydroxylation is 4. The second-order valence-electron chi connectivity index (χ2n) is 13.2. The molecular formula is C38H41ClN6O3S. The van der Waals surface area contributed by atoms with Gasteiger partial charge in [-0.05, 0) is 75.4 Å². The molecule has 8 bridgehead atoms. The number of benzene rings is 3. The van der Waals surface area contributed by atoms with Gasteiger partial charge in [0.05, 0.1) is 18.0 Å². The molecule has 11 heteroatoms. The second-order valence-corrected chi connectivity index (χ2v) is 14.6. The average Bonchev–Trinajstić information content (AvgIpc) is 3.66. The van der Waals surface area contributed by atoms with Gasteiger partial charge in [-0.1, -0.05) is 35.9 Å². The zero-order valence-corrected chi connectivity index (χ0v) is 30.3. The van der Waals surface area contributed by atoms with E-state index in [-0.39, 0.29) is 11.7 Å². The smallest absolute Gasteiger partial charge is 0.352 e. The molecule has 3 aromatic carbocycles. The Morgan fingerprint density at radius 1 is 1.00 bits per heavy atom. The zero-order valence-electron chi connectivity index (χ0n) is 28.7. The van der Waals surface area contributed by atoms with Crippen LogP contribution in [0.1, 0.15) is 59.1 Å². The minimum atomic E-state index is -0.967. The first-order valence-corrected chi connectivity index (χ1v) is 18.0. The number of carboxylic acid groups (broad SMARTS) is 1. The molecule has 6 aromatic rings. The van der Waals surface area contributed by atoms with Gasteiger partial charge in [0.2, 0.25) is 0 Å². The molecule has 1 N–H and O–H groups in total. The molecular weight excluding hydrogens is 656 g/mol. The summed E-state index contributed by atoms with van der Waals surface area (Å²) in [5, 5.41) is 24.0. The van der Waals surface area contributed by atoms with Crippen molar-refractivity contribution >= 4 is 51.0 Å². The highest BCUT2D eigenvalue weighted by molar-refractivity contribution is 7.98. The molecule has 254 valence electrons.